The standard InChI is InChI=1S/C14H12FNO4S/c15-8-3-1-7(2-4-8)12(19)21-14-6-5-9(17)10(14)11(18)16-13(14)20/h1-4,9-10,17H,5-6H2,(H,16,18,20)/t9-,10-,14+/m1/s1. The molecule has 1 heterocycles. The molecule has 0 bridgehead atoms. The fourth-order valence-electron chi connectivity index (χ4n) is 2.90. The van der Waals surface area contributed by atoms with Gasteiger partial charge in [-0.25, -0.2) is 4.39 Å². The number of halogens is 1. The molecular formula is C14H12FNO4S. The molecule has 7 heteroatoms. The summed E-state index contributed by atoms with van der Waals surface area (Å²) in [5, 5.41) is 11.7. The van der Waals surface area contributed by atoms with E-state index in [1.807, 2.05) is 0 Å². The number of carbonyl (C=O) groups excluding carboxylic acids is 3. The summed E-state index contributed by atoms with van der Waals surface area (Å²) in [6.07, 6.45) is -0.369. The molecule has 0 spiro atoms. The largest absolute Gasteiger partial charge is 0.392 e. The number of aliphatic hydroxyl groups excluding tert-OH is 1. The molecule has 0 aromatic heterocycles. The van der Waals surface area contributed by atoms with Gasteiger partial charge in [-0.2, -0.15) is 0 Å². The van der Waals surface area contributed by atoms with Crippen LogP contribution in [-0.2, 0) is 9.59 Å². The molecular weight excluding hydrogens is 297 g/mol. The highest BCUT2D eigenvalue weighted by Crippen LogP contribution is 2.50. The SMILES string of the molecule is O=C(S[C@@]12CC[C@@H](O)[C@@H]1C(=O)NC2=O)c1ccc(F)cc1. The molecule has 5 nitrogen and oxygen atoms in total. The number of hydrogen-bond donors (Lipinski definition) is 2. The first-order chi connectivity index (χ1) is 9.94. The van der Waals surface area contributed by atoms with Gasteiger partial charge in [-0.05, 0) is 37.1 Å². The van der Waals surface area contributed by atoms with Gasteiger partial charge in [-0.3, -0.25) is 19.7 Å². The monoisotopic (exact) mass is 309 g/mol. The Morgan fingerprint density at radius 3 is 2.67 bits per heavy atom. The number of nitrogens with one attached hydrogen (secondary N) is 1. The number of hydrogen-bond acceptors (Lipinski definition) is 5. The zero-order valence-electron chi connectivity index (χ0n) is 10.8. The topological polar surface area (TPSA) is 83.5 Å². The summed E-state index contributed by atoms with van der Waals surface area (Å²) in [7, 11) is 0. The molecule has 2 amide bonds. The Kier molecular flexibility index (Phi) is 3.33. The molecule has 1 aliphatic carbocycles. The third kappa shape index (κ3) is 2.16. The maximum Gasteiger partial charge on any atom is 0.244 e. The van der Waals surface area contributed by atoms with Crippen molar-refractivity contribution in [1.29, 1.82) is 0 Å². The van der Waals surface area contributed by atoms with Crippen LogP contribution >= 0.6 is 11.8 Å². The second-order valence-corrected chi connectivity index (χ2v) is 6.49. The highest BCUT2D eigenvalue weighted by molar-refractivity contribution is 8.16. The van der Waals surface area contributed by atoms with Crippen molar-refractivity contribution >= 4 is 28.7 Å². The molecule has 1 saturated heterocycles. The Hall–Kier alpha value is -1.73. The first-order valence-electron chi connectivity index (χ1n) is 6.46. The lowest BCUT2D eigenvalue weighted by Gasteiger charge is -2.23. The summed E-state index contributed by atoms with van der Waals surface area (Å²) in [6, 6.07) is 4.98. The van der Waals surface area contributed by atoms with Crippen molar-refractivity contribution in [2.75, 3.05) is 0 Å². The molecule has 2 fully saturated rings. The molecule has 0 unspecified atom stereocenters. The summed E-state index contributed by atoms with van der Waals surface area (Å²) in [5.74, 6) is -2.43. The second kappa shape index (κ2) is 4.92. The van der Waals surface area contributed by atoms with E-state index in [1.165, 1.54) is 12.1 Å². The van der Waals surface area contributed by atoms with Crippen molar-refractivity contribution in [3.8, 4) is 0 Å². The van der Waals surface area contributed by atoms with Gasteiger partial charge in [0.15, 0.2) is 0 Å². The van der Waals surface area contributed by atoms with Gasteiger partial charge < -0.3 is 5.11 Å². The van der Waals surface area contributed by atoms with Gasteiger partial charge in [0, 0.05) is 5.56 Å². The molecule has 0 radical (unpaired) electrons. The fourth-order valence-corrected chi connectivity index (χ4v) is 4.24. The van der Waals surface area contributed by atoms with Crippen molar-refractivity contribution in [3.05, 3.63) is 35.6 Å². The van der Waals surface area contributed by atoms with Crippen LogP contribution in [0.3, 0.4) is 0 Å². The van der Waals surface area contributed by atoms with Crippen molar-refractivity contribution in [3.63, 3.8) is 0 Å². The van der Waals surface area contributed by atoms with Gasteiger partial charge >= 0.3 is 0 Å². The molecule has 2 aliphatic rings. The predicted octanol–water partition coefficient (Wildman–Crippen LogP) is 0.865. The summed E-state index contributed by atoms with van der Waals surface area (Å²) in [4.78, 5) is 36.1. The highest BCUT2D eigenvalue weighted by atomic mass is 32.2. The Bertz CT molecular complexity index is 632. The van der Waals surface area contributed by atoms with Crippen molar-refractivity contribution in [1.82, 2.24) is 5.32 Å². The molecule has 110 valence electrons. The zero-order chi connectivity index (χ0) is 15.2. The quantitative estimate of drug-likeness (QED) is 0.792. The predicted molar refractivity (Wildman–Crippen MR) is 72.9 cm³/mol. The van der Waals surface area contributed by atoms with E-state index in [0.29, 0.717) is 6.42 Å². The summed E-state index contributed by atoms with van der Waals surface area (Å²) in [5.41, 5.74) is 0.253. The molecule has 1 saturated carbocycles. The number of carbonyl (C=O) groups is 3. The Morgan fingerprint density at radius 1 is 1.33 bits per heavy atom. The number of aliphatic hydroxyl groups is 1. The number of amides is 2. The molecule has 3 atom stereocenters. The number of fused-ring (bicyclic) bond motifs is 1. The number of thioether (sulfide) groups is 1. The first kappa shape index (κ1) is 14.2. The lowest BCUT2D eigenvalue weighted by Crippen LogP contribution is -2.38. The van der Waals surface area contributed by atoms with Gasteiger partial charge in [0.05, 0.1) is 12.0 Å². The van der Waals surface area contributed by atoms with Crippen molar-refractivity contribution < 1.29 is 23.9 Å². The second-order valence-electron chi connectivity index (χ2n) is 5.19. The minimum atomic E-state index is -1.25. The maximum atomic E-state index is 12.9. The maximum absolute atomic E-state index is 12.9. The van der Waals surface area contributed by atoms with Crippen LogP contribution in [0.15, 0.2) is 24.3 Å². The van der Waals surface area contributed by atoms with E-state index in [1.54, 1.807) is 0 Å². The van der Waals surface area contributed by atoms with Gasteiger partial charge in [0.25, 0.3) is 0 Å². The van der Waals surface area contributed by atoms with E-state index in [9.17, 15) is 23.9 Å². The molecule has 2 N–H and O–H groups in total. The minimum absolute atomic E-state index is 0.253. The van der Waals surface area contributed by atoms with Crippen molar-refractivity contribution in [2.24, 2.45) is 5.92 Å². The van der Waals surface area contributed by atoms with Gasteiger partial charge in [-0.1, -0.05) is 11.8 Å². The van der Waals surface area contributed by atoms with Crippen LogP contribution in [0.25, 0.3) is 0 Å². The average Bonchev–Trinajstić information content (AvgIpc) is 2.88. The lowest BCUT2D eigenvalue weighted by atomic mass is 9.97. The lowest BCUT2D eigenvalue weighted by molar-refractivity contribution is -0.127. The normalized spacial score (nSPS) is 31.1. The Morgan fingerprint density at radius 2 is 2.00 bits per heavy atom. The average molecular weight is 309 g/mol. The van der Waals surface area contributed by atoms with Crippen LogP contribution in [0.2, 0.25) is 0 Å². The van der Waals surface area contributed by atoms with Gasteiger partial charge in [0.2, 0.25) is 16.9 Å². The zero-order valence-corrected chi connectivity index (χ0v) is 11.7. The van der Waals surface area contributed by atoms with Crippen LogP contribution in [0.1, 0.15) is 23.2 Å². The summed E-state index contributed by atoms with van der Waals surface area (Å²) >= 11 is 0.746. The number of benzene rings is 1. The minimum Gasteiger partial charge on any atom is -0.392 e. The molecule has 1 aliphatic heterocycles. The Labute approximate surface area is 123 Å². The van der Waals surface area contributed by atoms with E-state index < -0.39 is 39.5 Å². The third-order valence-electron chi connectivity index (χ3n) is 3.96. The van der Waals surface area contributed by atoms with Gasteiger partial charge in [-0.15, -0.1) is 0 Å². The molecule has 1 aromatic rings. The smallest absolute Gasteiger partial charge is 0.244 e. The van der Waals surface area contributed by atoms with Crippen LogP contribution in [-0.4, -0.2) is 32.9 Å². The third-order valence-corrected chi connectivity index (χ3v) is 5.39. The van der Waals surface area contributed by atoms with Crippen molar-refractivity contribution in [2.45, 2.75) is 23.7 Å². The first-order valence-corrected chi connectivity index (χ1v) is 7.28. The van der Waals surface area contributed by atoms with Crippen LogP contribution in [0.5, 0.6) is 0 Å². The highest BCUT2D eigenvalue weighted by Gasteiger charge is 2.63. The van der Waals surface area contributed by atoms with E-state index >= 15 is 0 Å². The number of imide groups is 1. The van der Waals surface area contributed by atoms with Crippen LogP contribution in [0, 0.1) is 11.7 Å². The fraction of sp³-hybridized carbons (Fsp3) is 0.357. The van der Waals surface area contributed by atoms with E-state index in [0.717, 1.165) is 23.9 Å². The van der Waals surface area contributed by atoms with E-state index in [2.05, 4.69) is 5.32 Å². The molecule has 1 aromatic carbocycles. The van der Waals surface area contributed by atoms with Crippen LogP contribution in [0.4, 0.5) is 4.39 Å². The molecule has 3 rings (SSSR count). The summed E-state index contributed by atoms with van der Waals surface area (Å²) < 4.78 is 11.6. The molecule has 21 heavy (non-hydrogen) atoms. The van der Waals surface area contributed by atoms with E-state index in [4.69, 9.17) is 0 Å². The van der Waals surface area contributed by atoms with Crippen LogP contribution < -0.4 is 5.32 Å². The van der Waals surface area contributed by atoms with Gasteiger partial charge in [0.1, 0.15) is 10.6 Å². The summed E-state index contributed by atoms with van der Waals surface area (Å²) in [6.45, 7) is 0. The number of rotatable bonds is 2. The van der Waals surface area contributed by atoms with E-state index in [-0.39, 0.29) is 12.0 Å². The Balaban J connectivity index is 1.89.